The van der Waals surface area contributed by atoms with Crippen LogP contribution in [0.3, 0.4) is 0 Å². The number of hydrogen-bond donors (Lipinski definition) is 1. The van der Waals surface area contributed by atoms with Gasteiger partial charge in [0.05, 0.1) is 17.3 Å². The molecule has 1 amide bonds. The second-order valence-electron chi connectivity index (χ2n) is 5.10. The number of para-hydroxylation sites is 2. The largest absolute Gasteiger partial charge is 0.469 e. The molecule has 6 nitrogen and oxygen atoms in total. The minimum Gasteiger partial charge on any atom is -0.469 e. The van der Waals surface area contributed by atoms with Crippen LogP contribution in [0.25, 0.3) is 11.0 Å². The van der Waals surface area contributed by atoms with Gasteiger partial charge in [0.15, 0.2) is 0 Å². The molecule has 0 fully saturated rings. The summed E-state index contributed by atoms with van der Waals surface area (Å²) in [6, 6.07) is 11.1. The standard InChI is InChI=1S/C16H17N3O3/c1-18-13-6-2-3-7-14(13)19(16(18)21)11-15(20)17-9-8-12-5-4-10-22-12/h2-7,10H,8-9,11H2,1H3,(H,17,20). The summed E-state index contributed by atoms with van der Waals surface area (Å²) in [6.45, 7) is 0.490. The zero-order chi connectivity index (χ0) is 15.5. The minimum atomic E-state index is -0.192. The highest BCUT2D eigenvalue weighted by Gasteiger charge is 2.12. The number of aryl methyl sites for hydroxylation is 1. The van der Waals surface area contributed by atoms with Crippen LogP contribution in [0.4, 0.5) is 0 Å². The summed E-state index contributed by atoms with van der Waals surface area (Å²) in [7, 11) is 1.70. The molecule has 0 atom stereocenters. The number of rotatable bonds is 5. The molecule has 0 bridgehead atoms. The Labute approximate surface area is 127 Å². The first-order valence-electron chi connectivity index (χ1n) is 7.10. The summed E-state index contributed by atoms with van der Waals surface area (Å²) in [4.78, 5) is 24.3. The molecule has 2 heterocycles. The molecule has 0 saturated heterocycles. The summed E-state index contributed by atoms with van der Waals surface area (Å²) < 4.78 is 8.23. The third-order valence-corrected chi connectivity index (χ3v) is 3.63. The van der Waals surface area contributed by atoms with E-state index < -0.39 is 0 Å². The van der Waals surface area contributed by atoms with E-state index in [4.69, 9.17) is 4.42 Å². The van der Waals surface area contributed by atoms with Gasteiger partial charge in [0.2, 0.25) is 5.91 Å². The fraction of sp³-hybridized carbons (Fsp3) is 0.250. The van der Waals surface area contributed by atoms with Crippen LogP contribution in [0.1, 0.15) is 5.76 Å². The van der Waals surface area contributed by atoms with Gasteiger partial charge in [0.1, 0.15) is 12.3 Å². The van der Waals surface area contributed by atoms with Crippen molar-refractivity contribution in [2.75, 3.05) is 6.54 Å². The van der Waals surface area contributed by atoms with E-state index >= 15 is 0 Å². The quantitative estimate of drug-likeness (QED) is 0.772. The number of aromatic nitrogens is 2. The topological polar surface area (TPSA) is 69.2 Å². The van der Waals surface area contributed by atoms with Crippen molar-refractivity contribution in [1.82, 2.24) is 14.5 Å². The molecule has 1 N–H and O–H groups in total. The van der Waals surface area contributed by atoms with Crippen LogP contribution < -0.4 is 11.0 Å². The van der Waals surface area contributed by atoms with Gasteiger partial charge >= 0.3 is 5.69 Å². The third kappa shape index (κ3) is 2.67. The van der Waals surface area contributed by atoms with Gasteiger partial charge in [-0.25, -0.2) is 4.79 Å². The second-order valence-corrected chi connectivity index (χ2v) is 5.10. The molecule has 6 heteroatoms. The Morgan fingerprint density at radius 1 is 1.18 bits per heavy atom. The van der Waals surface area contributed by atoms with Crippen molar-refractivity contribution in [3.63, 3.8) is 0 Å². The molecule has 3 aromatic rings. The molecule has 0 aliphatic carbocycles. The van der Waals surface area contributed by atoms with Crippen molar-refractivity contribution in [2.45, 2.75) is 13.0 Å². The van der Waals surface area contributed by atoms with Crippen LogP contribution in [-0.4, -0.2) is 21.6 Å². The first-order chi connectivity index (χ1) is 10.7. The average Bonchev–Trinajstić information content (AvgIpc) is 3.11. The minimum absolute atomic E-state index is 0.0122. The highest BCUT2D eigenvalue weighted by molar-refractivity contribution is 5.80. The molecular weight excluding hydrogens is 282 g/mol. The van der Waals surface area contributed by atoms with E-state index in [0.29, 0.717) is 13.0 Å². The molecule has 2 aromatic heterocycles. The van der Waals surface area contributed by atoms with Gasteiger partial charge in [0.25, 0.3) is 0 Å². The maximum atomic E-state index is 12.2. The highest BCUT2D eigenvalue weighted by atomic mass is 16.3. The number of nitrogens with zero attached hydrogens (tertiary/aromatic N) is 2. The number of nitrogens with one attached hydrogen (secondary N) is 1. The summed E-state index contributed by atoms with van der Waals surface area (Å²) in [5, 5.41) is 2.80. The van der Waals surface area contributed by atoms with Crippen molar-refractivity contribution in [1.29, 1.82) is 0 Å². The Balaban J connectivity index is 1.69. The lowest BCUT2D eigenvalue weighted by Gasteiger charge is -2.05. The fourth-order valence-corrected chi connectivity index (χ4v) is 2.50. The Hall–Kier alpha value is -2.76. The van der Waals surface area contributed by atoms with E-state index in [2.05, 4.69) is 5.32 Å². The number of benzene rings is 1. The normalized spacial score (nSPS) is 11.0. The van der Waals surface area contributed by atoms with Gasteiger partial charge in [0, 0.05) is 20.0 Å². The van der Waals surface area contributed by atoms with E-state index in [1.54, 1.807) is 17.9 Å². The van der Waals surface area contributed by atoms with Crippen LogP contribution in [0.2, 0.25) is 0 Å². The number of imidazole rings is 1. The number of hydrogen-bond acceptors (Lipinski definition) is 3. The van der Waals surface area contributed by atoms with Crippen LogP contribution in [0, 0.1) is 0 Å². The SMILES string of the molecule is Cn1c(=O)n(CC(=O)NCCc2ccco2)c2ccccc21. The smallest absolute Gasteiger partial charge is 0.329 e. The highest BCUT2D eigenvalue weighted by Crippen LogP contribution is 2.11. The van der Waals surface area contributed by atoms with E-state index in [0.717, 1.165) is 16.8 Å². The number of amides is 1. The van der Waals surface area contributed by atoms with Gasteiger partial charge < -0.3 is 9.73 Å². The van der Waals surface area contributed by atoms with Gasteiger partial charge in [-0.1, -0.05) is 12.1 Å². The molecule has 0 unspecified atom stereocenters. The number of carbonyl (C=O) groups excluding carboxylic acids is 1. The van der Waals surface area contributed by atoms with Crippen LogP contribution in [-0.2, 0) is 24.8 Å². The van der Waals surface area contributed by atoms with Crippen molar-refractivity contribution < 1.29 is 9.21 Å². The maximum Gasteiger partial charge on any atom is 0.329 e. The lowest BCUT2D eigenvalue weighted by Crippen LogP contribution is -2.33. The van der Waals surface area contributed by atoms with Gasteiger partial charge in [-0.05, 0) is 24.3 Å². The van der Waals surface area contributed by atoms with Gasteiger partial charge in [-0.2, -0.15) is 0 Å². The molecule has 22 heavy (non-hydrogen) atoms. The number of furan rings is 1. The average molecular weight is 299 g/mol. The molecule has 0 radical (unpaired) electrons. The first-order valence-corrected chi connectivity index (χ1v) is 7.10. The van der Waals surface area contributed by atoms with Gasteiger partial charge in [-0.3, -0.25) is 13.9 Å². The summed E-state index contributed by atoms with van der Waals surface area (Å²) in [5.74, 6) is 0.632. The molecular formula is C16H17N3O3. The summed E-state index contributed by atoms with van der Waals surface area (Å²) in [5.41, 5.74) is 1.38. The fourth-order valence-electron chi connectivity index (χ4n) is 2.50. The van der Waals surface area contributed by atoms with Crippen molar-refractivity contribution in [3.8, 4) is 0 Å². The lowest BCUT2D eigenvalue weighted by atomic mass is 10.3. The molecule has 0 saturated carbocycles. The monoisotopic (exact) mass is 299 g/mol. The van der Waals surface area contributed by atoms with Crippen molar-refractivity contribution in [3.05, 3.63) is 58.9 Å². The Morgan fingerprint density at radius 2 is 1.95 bits per heavy atom. The predicted octanol–water partition coefficient (Wildman–Crippen LogP) is 1.29. The number of fused-ring (bicyclic) bond motifs is 1. The predicted molar refractivity (Wildman–Crippen MR) is 82.6 cm³/mol. The van der Waals surface area contributed by atoms with E-state index in [-0.39, 0.29) is 18.1 Å². The van der Waals surface area contributed by atoms with Crippen LogP contribution in [0.15, 0.2) is 51.9 Å². The number of carbonyl (C=O) groups is 1. The molecule has 0 spiro atoms. The van der Waals surface area contributed by atoms with Crippen LogP contribution >= 0.6 is 0 Å². The van der Waals surface area contributed by atoms with Crippen LogP contribution in [0.5, 0.6) is 0 Å². The van der Waals surface area contributed by atoms with Crippen molar-refractivity contribution in [2.24, 2.45) is 7.05 Å². The third-order valence-electron chi connectivity index (χ3n) is 3.63. The Kier molecular flexibility index (Phi) is 3.82. The molecule has 0 aliphatic heterocycles. The molecule has 0 aliphatic rings. The summed E-state index contributed by atoms with van der Waals surface area (Å²) in [6.07, 6.45) is 2.23. The maximum absolute atomic E-state index is 12.2. The summed E-state index contributed by atoms with van der Waals surface area (Å²) >= 11 is 0. The van der Waals surface area contributed by atoms with E-state index in [1.165, 1.54) is 4.57 Å². The van der Waals surface area contributed by atoms with Gasteiger partial charge in [-0.15, -0.1) is 0 Å². The Morgan fingerprint density at radius 3 is 2.68 bits per heavy atom. The van der Waals surface area contributed by atoms with Crippen molar-refractivity contribution >= 4 is 16.9 Å². The zero-order valence-electron chi connectivity index (χ0n) is 12.3. The van der Waals surface area contributed by atoms with E-state index in [9.17, 15) is 9.59 Å². The second kappa shape index (κ2) is 5.93. The first kappa shape index (κ1) is 14.2. The van der Waals surface area contributed by atoms with E-state index in [1.807, 2.05) is 36.4 Å². The zero-order valence-corrected chi connectivity index (χ0v) is 12.3. The molecule has 1 aromatic carbocycles. The molecule has 3 rings (SSSR count). The lowest BCUT2D eigenvalue weighted by molar-refractivity contribution is -0.121. The Bertz CT molecular complexity index is 843. The molecule has 114 valence electrons.